The molecule has 3 heterocycles. The van der Waals surface area contributed by atoms with Crippen LogP contribution in [0.15, 0.2) is 79.5 Å². The number of fused-ring (bicyclic) bond motifs is 1. The summed E-state index contributed by atoms with van der Waals surface area (Å²) < 4.78 is 3.58. The number of aliphatic hydroxyl groups is 1. The van der Waals surface area contributed by atoms with Crippen molar-refractivity contribution in [1.82, 2.24) is 24.4 Å². The van der Waals surface area contributed by atoms with E-state index >= 15 is 0 Å². The van der Waals surface area contributed by atoms with Crippen LogP contribution in [-0.4, -0.2) is 29.5 Å². The molecule has 2 N–H and O–H groups in total. The van der Waals surface area contributed by atoms with Crippen LogP contribution in [0.25, 0.3) is 27.9 Å². The third-order valence-electron chi connectivity index (χ3n) is 5.26. The highest BCUT2D eigenvalue weighted by Crippen LogP contribution is 2.29. The fourth-order valence-electron chi connectivity index (χ4n) is 3.59. The molecule has 0 saturated carbocycles. The number of aromatic nitrogens is 5. The molecule has 8 nitrogen and oxygen atoms in total. The maximum absolute atomic E-state index is 10.5. The molecular formula is C24H19N7O. The van der Waals surface area contributed by atoms with Crippen molar-refractivity contribution < 1.29 is 5.11 Å². The van der Waals surface area contributed by atoms with Crippen molar-refractivity contribution >= 4 is 11.2 Å². The maximum Gasteiger partial charge on any atom is 0.150 e. The van der Waals surface area contributed by atoms with Gasteiger partial charge in [-0.15, -0.1) is 0 Å². The van der Waals surface area contributed by atoms with Crippen LogP contribution >= 0.6 is 0 Å². The summed E-state index contributed by atoms with van der Waals surface area (Å²) in [5.74, 6) is 0. The molecule has 1 atom stereocenters. The van der Waals surface area contributed by atoms with Crippen molar-refractivity contribution in [2.45, 2.75) is 6.23 Å². The van der Waals surface area contributed by atoms with Crippen LogP contribution in [0.3, 0.4) is 0 Å². The Morgan fingerprint density at radius 2 is 1.75 bits per heavy atom. The van der Waals surface area contributed by atoms with Gasteiger partial charge in [-0.05, 0) is 30.3 Å². The Bertz CT molecular complexity index is 1430. The first-order chi connectivity index (χ1) is 15.6. The van der Waals surface area contributed by atoms with Crippen LogP contribution in [0.5, 0.6) is 0 Å². The monoisotopic (exact) mass is 421 g/mol. The molecule has 0 fully saturated rings. The van der Waals surface area contributed by atoms with E-state index in [1.54, 1.807) is 28.9 Å². The lowest BCUT2D eigenvalue weighted by Gasteiger charge is -2.15. The zero-order valence-corrected chi connectivity index (χ0v) is 17.2. The van der Waals surface area contributed by atoms with Crippen molar-refractivity contribution in [2.75, 3.05) is 5.32 Å². The van der Waals surface area contributed by atoms with E-state index in [9.17, 15) is 5.11 Å². The van der Waals surface area contributed by atoms with E-state index in [1.807, 2.05) is 60.5 Å². The van der Waals surface area contributed by atoms with E-state index in [1.165, 1.54) is 6.33 Å². The molecular weight excluding hydrogens is 402 g/mol. The molecule has 156 valence electrons. The second kappa shape index (κ2) is 7.98. The Kier molecular flexibility index (Phi) is 4.86. The van der Waals surface area contributed by atoms with Gasteiger partial charge < -0.3 is 10.4 Å². The van der Waals surface area contributed by atoms with Crippen LogP contribution in [0.2, 0.25) is 0 Å². The van der Waals surface area contributed by atoms with E-state index in [-0.39, 0.29) is 0 Å². The van der Waals surface area contributed by atoms with Crippen molar-refractivity contribution in [1.29, 1.82) is 5.26 Å². The molecule has 5 rings (SSSR count). The predicted molar refractivity (Wildman–Crippen MR) is 120 cm³/mol. The van der Waals surface area contributed by atoms with Crippen molar-refractivity contribution in [3.63, 3.8) is 0 Å². The van der Waals surface area contributed by atoms with Gasteiger partial charge in [0.05, 0.1) is 29.0 Å². The first kappa shape index (κ1) is 19.5. The summed E-state index contributed by atoms with van der Waals surface area (Å²) in [7, 11) is 1.89. The Morgan fingerprint density at radius 1 is 0.969 bits per heavy atom. The number of nitrogens with one attached hydrogen (secondary N) is 1. The molecule has 5 aromatic rings. The molecule has 2 aromatic carbocycles. The van der Waals surface area contributed by atoms with Crippen molar-refractivity contribution in [3.05, 3.63) is 90.6 Å². The van der Waals surface area contributed by atoms with Gasteiger partial charge in [0.2, 0.25) is 0 Å². The number of nitriles is 1. The Labute approximate surface area is 184 Å². The first-order valence-corrected chi connectivity index (χ1v) is 9.98. The van der Waals surface area contributed by atoms with Gasteiger partial charge in [0.25, 0.3) is 0 Å². The van der Waals surface area contributed by atoms with E-state index in [2.05, 4.69) is 26.6 Å². The topological polar surface area (TPSA) is 104 Å². The predicted octanol–water partition coefficient (Wildman–Crippen LogP) is 3.77. The fourth-order valence-corrected chi connectivity index (χ4v) is 3.59. The first-order valence-electron chi connectivity index (χ1n) is 9.98. The zero-order valence-electron chi connectivity index (χ0n) is 17.2. The minimum atomic E-state index is -0.882. The maximum atomic E-state index is 10.5. The number of benzene rings is 2. The smallest absolute Gasteiger partial charge is 0.150 e. The quantitative estimate of drug-likeness (QED) is 0.419. The van der Waals surface area contributed by atoms with Gasteiger partial charge in [-0.25, -0.2) is 9.50 Å². The molecule has 0 radical (unpaired) electrons. The van der Waals surface area contributed by atoms with Gasteiger partial charge in [-0.3, -0.25) is 4.68 Å². The molecule has 1 unspecified atom stereocenters. The van der Waals surface area contributed by atoms with Gasteiger partial charge in [-0.2, -0.15) is 15.5 Å². The molecule has 0 aliphatic carbocycles. The number of rotatable bonds is 5. The third-order valence-corrected chi connectivity index (χ3v) is 5.26. The number of aliphatic hydroxyl groups excluding tert-OH is 1. The van der Waals surface area contributed by atoms with E-state index in [0.29, 0.717) is 11.1 Å². The Morgan fingerprint density at radius 3 is 2.44 bits per heavy atom. The normalized spacial score (nSPS) is 11.9. The molecule has 0 spiro atoms. The minimum Gasteiger partial charge on any atom is -0.369 e. The lowest BCUT2D eigenvalue weighted by Crippen LogP contribution is -2.09. The van der Waals surface area contributed by atoms with Crippen LogP contribution in [-0.2, 0) is 7.05 Å². The number of hydrogen-bond acceptors (Lipinski definition) is 6. The molecule has 0 bridgehead atoms. The van der Waals surface area contributed by atoms with Gasteiger partial charge in [0.15, 0.2) is 6.23 Å². The highest BCUT2D eigenvalue weighted by Gasteiger charge is 2.12. The summed E-state index contributed by atoms with van der Waals surface area (Å²) in [6, 6.07) is 18.6. The average molecular weight is 421 g/mol. The summed E-state index contributed by atoms with van der Waals surface area (Å²) in [6.07, 6.45) is 6.40. The van der Waals surface area contributed by atoms with Crippen LogP contribution in [0.1, 0.15) is 17.4 Å². The molecule has 32 heavy (non-hydrogen) atoms. The van der Waals surface area contributed by atoms with Gasteiger partial charge >= 0.3 is 0 Å². The number of anilines is 1. The summed E-state index contributed by atoms with van der Waals surface area (Å²) in [5, 5.41) is 31.0. The minimum absolute atomic E-state index is 0.554. The number of hydrogen-bond donors (Lipinski definition) is 2. The summed E-state index contributed by atoms with van der Waals surface area (Å²) in [4.78, 5) is 4.49. The molecule has 0 amide bonds. The van der Waals surface area contributed by atoms with E-state index in [4.69, 9.17) is 5.26 Å². The van der Waals surface area contributed by atoms with Crippen LogP contribution < -0.4 is 5.32 Å². The summed E-state index contributed by atoms with van der Waals surface area (Å²) in [5.41, 5.74) is 6.68. The second-order valence-corrected chi connectivity index (χ2v) is 7.43. The molecule has 0 aliphatic rings. The SMILES string of the molecule is Cn1cc(-c2cc3c(-c4ccc(NC(O)c5ccc(C#N)cc5)cc4)ncnn3c2)cn1. The van der Waals surface area contributed by atoms with E-state index in [0.717, 1.165) is 33.6 Å². The Balaban J connectivity index is 1.40. The van der Waals surface area contributed by atoms with Crippen LogP contribution in [0, 0.1) is 11.3 Å². The summed E-state index contributed by atoms with van der Waals surface area (Å²) in [6.45, 7) is 0. The molecule has 3 aromatic heterocycles. The highest BCUT2D eigenvalue weighted by molar-refractivity contribution is 5.81. The fraction of sp³-hybridized carbons (Fsp3) is 0.0833. The molecule has 0 saturated heterocycles. The summed E-state index contributed by atoms with van der Waals surface area (Å²) >= 11 is 0. The molecule has 8 heteroatoms. The van der Waals surface area contributed by atoms with E-state index < -0.39 is 6.23 Å². The largest absolute Gasteiger partial charge is 0.369 e. The number of aryl methyl sites for hydroxylation is 1. The van der Waals surface area contributed by atoms with Gasteiger partial charge in [0, 0.05) is 47.4 Å². The average Bonchev–Trinajstić information content (AvgIpc) is 3.45. The Hall–Kier alpha value is -4.48. The highest BCUT2D eigenvalue weighted by atomic mass is 16.3. The van der Waals surface area contributed by atoms with Crippen molar-refractivity contribution in [2.24, 2.45) is 7.05 Å². The third kappa shape index (κ3) is 3.69. The van der Waals surface area contributed by atoms with Crippen molar-refractivity contribution in [3.8, 4) is 28.5 Å². The second-order valence-electron chi connectivity index (χ2n) is 7.43. The standard InChI is InChI=1S/C24H19N7O/c1-30-13-20(12-27-30)19-10-22-23(26-15-28-31(22)14-19)17-6-8-21(9-7-17)29-24(32)18-4-2-16(11-25)3-5-18/h2-10,12-15,24,29,32H,1H3. The lowest BCUT2D eigenvalue weighted by atomic mass is 10.1. The number of nitrogens with zero attached hydrogens (tertiary/aromatic N) is 6. The van der Waals surface area contributed by atoms with Gasteiger partial charge in [-0.1, -0.05) is 24.3 Å². The lowest BCUT2D eigenvalue weighted by molar-refractivity contribution is 0.208. The van der Waals surface area contributed by atoms with Gasteiger partial charge in [0.1, 0.15) is 6.33 Å². The molecule has 0 aliphatic heterocycles. The zero-order chi connectivity index (χ0) is 22.1. The van der Waals surface area contributed by atoms with Crippen LogP contribution in [0.4, 0.5) is 5.69 Å².